The molecule has 1 N–H and O–H groups in total. The topological polar surface area (TPSA) is 86.6 Å². The minimum absolute atomic E-state index is 0.222. The standard InChI is InChI=1S/C14H16N4O2S/c1-9(10(2)21(19)20)18-8-11(7-17-18)12-3-5-15-14-13(12)4-6-16-14/h3-10H,1-2H3,(H,15,16)(H,19,20)/p-1. The lowest BCUT2D eigenvalue weighted by Crippen LogP contribution is -2.23. The van der Waals surface area contributed by atoms with Gasteiger partial charge in [-0.3, -0.25) is 8.89 Å². The average Bonchev–Trinajstić information content (AvgIpc) is 3.13. The second-order valence-corrected chi connectivity index (χ2v) is 6.28. The number of nitrogens with zero attached hydrogens (tertiary/aromatic N) is 3. The van der Waals surface area contributed by atoms with Gasteiger partial charge in [0, 0.05) is 34.8 Å². The van der Waals surface area contributed by atoms with Crippen LogP contribution < -0.4 is 0 Å². The molecule has 0 spiro atoms. The number of H-pyrrole nitrogens is 1. The van der Waals surface area contributed by atoms with Gasteiger partial charge in [-0.05, 0) is 31.5 Å². The van der Waals surface area contributed by atoms with Crippen LogP contribution in [0.3, 0.4) is 0 Å². The number of nitrogens with one attached hydrogen (secondary N) is 1. The van der Waals surface area contributed by atoms with E-state index in [-0.39, 0.29) is 6.04 Å². The second-order valence-electron chi connectivity index (χ2n) is 5.01. The van der Waals surface area contributed by atoms with Crippen molar-refractivity contribution in [1.29, 1.82) is 0 Å². The van der Waals surface area contributed by atoms with Gasteiger partial charge in [0.05, 0.1) is 12.2 Å². The fourth-order valence-corrected chi connectivity index (χ4v) is 2.73. The second kappa shape index (κ2) is 5.42. The zero-order chi connectivity index (χ0) is 15.0. The summed E-state index contributed by atoms with van der Waals surface area (Å²) in [5.41, 5.74) is 2.79. The first-order valence-corrected chi connectivity index (χ1v) is 7.76. The lowest BCUT2D eigenvalue weighted by atomic mass is 10.1. The van der Waals surface area contributed by atoms with E-state index in [0.29, 0.717) is 0 Å². The third-order valence-corrected chi connectivity index (χ3v) is 4.77. The van der Waals surface area contributed by atoms with Gasteiger partial charge in [-0.1, -0.05) is 11.1 Å². The Bertz CT molecular complexity index is 795. The summed E-state index contributed by atoms with van der Waals surface area (Å²) in [5.74, 6) is 0. The summed E-state index contributed by atoms with van der Waals surface area (Å²) < 4.78 is 23.8. The Hall–Kier alpha value is -1.99. The van der Waals surface area contributed by atoms with Crippen molar-refractivity contribution in [2.45, 2.75) is 25.1 Å². The van der Waals surface area contributed by atoms with Crippen LogP contribution in [0.2, 0.25) is 0 Å². The zero-order valence-corrected chi connectivity index (χ0v) is 12.5. The van der Waals surface area contributed by atoms with E-state index in [1.807, 2.05) is 31.5 Å². The Morgan fingerprint density at radius 2 is 2.19 bits per heavy atom. The average molecular weight is 303 g/mol. The van der Waals surface area contributed by atoms with Crippen LogP contribution in [0.4, 0.5) is 0 Å². The van der Waals surface area contributed by atoms with Gasteiger partial charge in [0.15, 0.2) is 0 Å². The molecular weight excluding hydrogens is 288 g/mol. The molecule has 3 heterocycles. The number of fused-ring (bicyclic) bond motifs is 1. The number of rotatable bonds is 4. The van der Waals surface area contributed by atoms with Crippen molar-refractivity contribution < 1.29 is 8.76 Å². The Labute approximate surface area is 124 Å². The highest BCUT2D eigenvalue weighted by molar-refractivity contribution is 7.79. The van der Waals surface area contributed by atoms with Crippen molar-refractivity contribution >= 4 is 22.1 Å². The number of pyridine rings is 1. The lowest BCUT2D eigenvalue weighted by molar-refractivity contribution is 0.448. The minimum atomic E-state index is -2.12. The number of aromatic nitrogens is 4. The lowest BCUT2D eigenvalue weighted by Gasteiger charge is -2.22. The molecule has 0 aliphatic carbocycles. The molecule has 0 aliphatic heterocycles. The number of hydrogen-bond donors (Lipinski definition) is 1. The van der Waals surface area contributed by atoms with Crippen LogP contribution in [0.5, 0.6) is 0 Å². The van der Waals surface area contributed by atoms with Gasteiger partial charge in [0.25, 0.3) is 0 Å². The van der Waals surface area contributed by atoms with Crippen LogP contribution in [0.15, 0.2) is 36.9 Å². The molecule has 0 aliphatic rings. The summed E-state index contributed by atoms with van der Waals surface area (Å²) in [6, 6.07) is 3.67. The van der Waals surface area contributed by atoms with E-state index < -0.39 is 16.3 Å². The number of aromatic amines is 1. The van der Waals surface area contributed by atoms with E-state index in [4.69, 9.17) is 0 Å². The summed E-state index contributed by atoms with van der Waals surface area (Å²) in [6.45, 7) is 3.52. The third-order valence-electron chi connectivity index (χ3n) is 3.77. The summed E-state index contributed by atoms with van der Waals surface area (Å²) in [4.78, 5) is 7.33. The molecule has 0 saturated carbocycles. The number of hydrogen-bond acceptors (Lipinski definition) is 4. The van der Waals surface area contributed by atoms with Crippen molar-refractivity contribution in [2.75, 3.05) is 0 Å². The molecule has 110 valence electrons. The van der Waals surface area contributed by atoms with Gasteiger partial charge in [0.1, 0.15) is 5.65 Å². The van der Waals surface area contributed by atoms with Gasteiger partial charge < -0.3 is 9.54 Å². The van der Waals surface area contributed by atoms with E-state index in [2.05, 4.69) is 15.1 Å². The maximum atomic E-state index is 11.1. The summed E-state index contributed by atoms with van der Waals surface area (Å²) in [6.07, 6.45) is 7.20. The van der Waals surface area contributed by atoms with Crippen LogP contribution >= 0.6 is 0 Å². The van der Waals surface area contributed by atoms with Gasteiger partial charge in [-0.2, -0.15) is 5.10 Å². The Morgan fingerprint density at radius 1 is 1.38 bits per heavy atom. The highest BCUT2D eigenvalue weighted by Crippen LogP contribution is 2.27. The van der Waals surface area contributed by atoms with Crippen LogP contribution in [-0.4, -0.2) is 33.8 Å². The minimum Gasteiger partial charge on any atom is -0.772 e. The largest absolute Gasteiger partial charge is 0.772 e. The summed E-state index contributed by atoms with van der Waals surface area (Å²) in [5, 5.41) is 4.82. The van der Waals surface area contributed by atoms with Crippen molar-refractivity contribution in [2.24, 2.45) is 0 Å². The molecule has 3 unspecified atom stereocenters. The fourth-order valence-electron chi connectivity index (χ4n) is 2.29. The fraction of sp³-hybridized carbons (Fsp3) is 0.286. The molecule has 3 rings (SSSR count). The first kappa shape index (κ1) is 14.0. The maximum Gasteiger partial charge on any atom is 0.137 e. The van der Waals surface area contributed by atoms with E-state index in [9.17, 15) is 8.76 Å². The summed E-state index contributed by atoms with van der Waals surface area (Å²) >= 11 is -2.12. The van der Waals surface area contributed by atoms with Crippen molar-refractivity contribution in [3.63, 3.8) is 0 Å². The Balaban J connectivity index is 1.99. The SMILES string of the molecule is CC(C(C)S(=O)[O-])n1cc(-c2ccnc3[nH]ccc23)cn1. The molecule has 0 saturated heterocycles. The van der Waals surface area contributed by atoms with Gasteiger partial charge in [-0.15, -0.1) is 0 Å². The van der Waals surface area contributed by atoms with Crippen molar-refractivity contribution in [3.05, 3.63) is 36.9 Å². The Kier molecular flexibility index (Phi) is 3.60. The molecule has 0 bridgehead atoms. The van der Waals surface area contributed by atoms with E-state index in [1.54, 1.807) is 24.0 Å². The smallest absolute Gasteiger partial charge is 0.137 e. The molecule has 3 aromatic rings. The van der Waals surface area contributed by atoms with Crippen LogP contribution in [0.25, 0.3) is 22.2 Å². The highest BCUT2D eigenvalue weighted by Gasteiger charge is 2.16. The van der Waals surface area contributed by atoms with E-state index >= 15 is 0 Å². The normalized spacial score (nSPS) is 16.0. The molecule has 6 nitrogen and oxygen atoms in total. The molecule has 0 aromatic carbocycles. The van der Waals surface area contributed by atoms with Crippen LogP contribution in [0.1, 0.15) is 19.9 Å². The van der Waals surface area contributed by atoms with Gasteiger partial charge >= 0.3 is 0 Å². The van der Waals surface area contributed by atoms with Gasteiger partial charge in [-0.25, -0.2) is 4.98 Å². The monoisotopic (exact) mass is 303 g/mol. The first-order valence-electron chi connectivity index (χ1n) is 6.62. The summed E-state index contributed by atoms with van der Waals surface area (Å²) in [7, 11) is 0. The van der Waals surface area contributed by atoms with Crippen molar-refractivity contribution in [3.8, 4) is 11.1 Å². The zero-order valence-electron chi connectivity index (χ0n) is 11.7. The molecule has 3 atom stereocenters. The van der Waals surface area contributed by atoms with Crippen LogP contribution in [0, 0.1) is 0 Å². The van der Waals surface area contributed by atoms with E-state index in [0.717, 1.165) is 22.2 Å². The molecule has 0 fully saturated rings. The first-order chi connectivity index (χ1) is 10.1. The van der Waals surface area contributed by atoms with E-state index in [1.165, 1.54) is 0 Å². The van der Waals surface area contributed by atoms with Crippen molar-refractivity contribution in [1.82, 2.24) is 19.7 Å². The highest BCUT2D eigenvalue weighted by atomic mass is 32.2. The molecular formula is C14H15N4O2S-. The van der Waals surface area contributed by atoms with Gasteiger partial charge in [0.2, 0.25) is 0 Å². The molecule has 0 amide bonds. The van der Waals surface area contributed by atoms with Crippen LogP contribution in [-0.2, 0) is 11.1 Å². The Morgan fingerprint density at radius 3 is 2.95 bits per heavy atom. The molecule has 3 aromatic heterocycles. The quantitative estimate of drug-likeness (QED) is 0.749. The molecule has 7 heteroatoms. The predicted octanol–water partition coefficient (Wildman–Crippen LogP) is 2.25. The molecule has 0 radical (unpaired) electrons. The maximum absolute atomic E-state index is 11.1. The molecule has 21 heavy (non-hydrogen) atoms. The predicted molar refractivity (Wildman–Crippen MR) is 80.4 cm³/mol. The third kappa shape index (κ3) is 2.50.